The van der Waals surface area contributed by atoms with Gasteiger partial charge in [0.25, 0.3) is 5.91 Å². The Bertz CT molecular complexity index is 968. The van der Waals surface area contributed by atoms with E-state index in [9.17, 15) is 4.79 Å². The third-order valence-electron chi connectivity index (χ3n) is 4.74. The number of aryl methyl sites for hydroxylation is 1. The molecule has 28 heavy (non-hydrogen) atoms. The monoisotopic (exact) mass is 435 g/mol. The van der Waals surface area contributed by atoms with E-state index in [1.165, 1.54) is 11.3 Å². The molecule has 0 N–H and O–H groups in total. The van der Waals surface area contributed by atoms with E-state index < -0.39 is 0 Å². The average Bonchev–Trinajstić information content (AvgIpc) is 3.09. The highest BCUT2D eigenvalue weighted by Crippen LogP contribution is 2.33. The summed E-state index contributed by atoms with van der Waals surface area (Å²) in [4.78, 5) is 22.1. The highest BCUT2D eigenvalue weighted by atomic mass is 35.5. The lowest BCUT2D eigenvalue weighted by atomic mass is 10.2. The number of amides is 1. The predicted octanol–water partition coefficient (Wildman–Crippen LogP) is 5.90. The summed E-state index contributed by atoms with van der Waals surface area (Å²) < 4.78 is 0.983. The fourth-order valence-corrected chi connectivity index (χ4v) is 4.64. The van der Waals surface area contributed by atoms with Crippen molar-refractivity contribution in [3.63, 3.8) is 0 Å². The third kappa shape index (κ3) is 4.66. The minimum absolute atomic E-state index is 0.0772. The quantitative estimate of drug-likeness (QED) is 0.463. The highest BCUT2D eigenvalue weighted by Gasteiger charge is 2.22. The van der Waals surface area contributed by atoms with Crippen LogP contribution in [0.1, 0.15) is 29.8 Å². The lowest BCUT2D eigenvalue weighted by Gasteiger charge is -2.24. The van der Waals surface area contributed by atoms with Crippen molar-refractivity contribution in [1.29, 1.82) is 0 Å². The Balaban J connectivity index is 1.98. The minimum atomic E-state index is -0.0772. The largest absolute Gasteiger partial charge is 0.302 e. The summed E-state index contributed by atoms with van der Waals surface area (Å²) in [5.74, 6) is -0.0772. The van der Waals surface area contributed by atoms with Crippen molar-refractivity contribution in [3.05, 3.63) is 57.6 Å². The summed E-state index contributed by atoms with van der Waals surface area (Å²) in [6.45, 7) is 9.45. The molecule has 0 aliphatic carbocycles. The number of hydrogen-bond donors (Lipinski definition) is 0. The Morgan fingerprint density at radius 1 is 1.04 bits per heavy atom. The van der Waals surface area contributed by atoms with Crippen molar-refractivity contribution >= 4 is 55.8 Å². The number of carbonyl (C=O) groups is 1. The van der Waals surface area contributed by atoms with Crippen LogP contribution < -0.4 is 4.90 Å². The summed E-state index contributed by atoms with van der Waals surface area (Å²) in [5, 5.41) is 1.97. The molecule has 1 heterocycles. The van der Waals surface area contributed by atoms with Crippen LogP contribution in [-0.4, -0.2) is 42.0 Å². The van der Waals surface area contributed by atoms with Gasteiger partial charge in [-0.3, -0.25) is 9.69 Å². The minimum Gasteiger partial charge on any atom is -0.302 e. The molecular formula is C21H23Cl2N3OS. The SMILES string of the molecule is CCN(CC)CCN(C(=O)c1ccc(Cl)cc1)c1nc2c(C)cc(Cl)cc2s1. The Kier molecular flexibility index (Phi) is 6.94. The average molecular weight is 436 g/mol. The van der Waals surface area contributed by atoms with Gasteiger partial charge in [0.15, 0.2) is 5.13 Å². The molecule has 0 bridgehead atoms. The first-order valence-electron chi connectivity index (χ1n) is 9.29. The van der Waals surface area contributed by atoms with Gasteiger partial charge in [-0.15, -0.1) is 0 Å². The molecule has 3 aromatic rings. The zero-order valence-electron chi connectivity index (χ0n) is 16.2. The Hall–Kier alpha value is -1.66. The molecule has 4 nitrogen and oxygen atoms in total. The van der Waals surface area contributed by atoms with Gasteiger partial charge in [-0.1, -0.05) is 48.4 Å². The lowest BCUT2D eigenvalue weighted by molar-refractivity contribution is 0.0984. The van der Waals surface area contributed by atoms with Gasteiger partial charge in [-0.25, -0.2) is 4.98 Å². The number of thiazole rings is 1. The summed E-state index contributed by atoms with van der Waals surface area (Å²) in [5.41, 5.74) is 2.49. The van der Waals surface area contributed by atoms with E-state index in [0.29, 0.717) is 27.3 Å². The van der Waals surface area contributed by atoms with Crippen molar-refractivity contribution in [2.24, 2.45) is 0 Å². The molecular weight excluding hydrogens is 413 g/mol. The molecule has 7 heteroatoms. The number of hydrogen-bond acceptors (Lipinski definition) is 4. The van der Waals surface area contributed by atoms with Gasteiger partial charge >= 0.3 is 0 Å². The maximum Gasteiger partial charge on any atom is 0.260 e. The van der Waals surface area contributed by atoms with Crippen LogP contribution in [0.2, 0.25) is 10.0 Å². The van der Waals surface area contributed by atoms with Gasteiger partial charge in [0.05, 0.1) is 10.2 Å². The molecule has 0 spiro atoms. The maximum absolute atomic E-state index is 13.3. The molecule has 0 saturated carbocycles. The van der Waals surface area contributed by atoms with Crippen molar-refractivity contribution in [1.82, 2.24) is 9.88 Å². The molecule has 0 saturated heterocycles. The number of carbonyl (C=O) groups excluding carboxylic acids is 1. The van der Waals surface area contributed by atoms with Crippen LogP contribution in [0.15, 0.2) is 36.4 Å². The van der Waals surface area contributed by atoms with Gasteiger partial charge in [0.2, 0.25) is 0 Å². The standard InChI is InChI=1S/C21H23Cl2N3OS/c1-4-25(5-2)10-11-26(20(27)15-6-8-16(22)9-7-15)21-24-19-14(3)12-17(23)13-18(19)28-21/h6-9,12-13H,4-5,10-11H2,1-3H3. The second-order valence-electron chi connectivity index (χ2n) is 6.56. The van der Waals surface area contributed by atoms with Crippen molar-refractivity contribution in [3.8, 4) is 0 Å². The highest BCUT2D eigenvalue weighted by molar-refractivity contribution is 7.22. The first kappa shape index (κ1) is 21.1. The first-order chi connectivity index (χ1) is 13.4. The second-order valence-corrected chi connectivity index (χ2v) is 8.44. The molecule has 1 amide bonds. The fraction of sp³-hybridized carbons (Fsp3) is 0.333. The Morgan fingerprint density at radius 2 is 1.71 bits per heavy atom. The normalized spacial score (nSPS) is 11.4. The van der Waals surface area contributed by atoms with E-state index in [1.807, 2.05) is 19.1 Å². The molecule has 0 aliphatic rings. The lowest BCUT2D eigenvalue weighted by Crippen LogP contribution is -2.38. The summed E-state index contributed by atoms with van der Waals surface area (Å²) in [6.07, 6.45) is 0. The zero-order valence-corrected chi connectivity index (χ0v) is 18.5. The number of rotatable bonds is 7. The van der Waals surface area contributed by atoms with Crippen molar-refractivity contribution < 1.29 is 4.79 Å². The third-order valence-corrected chi connectivity index (χ3v) is 6.24. The van der Waals surface area contributed by atoms with Gasteiger partial charge < -0.3 is 4.90 Å². The van der Waals surface area contributed by atoms with Crippen LogP contribution in [-0.2, 0) is 0 Å². The van der Waals surface area contributed by atoms with E-state index in [-0.39, 0.29) is 5.91 Å². The van der Waals surface area contributed by atoms with E-state index in [2.05, 4.69) is 18.7 Å². The Labute approximate surface area is 179 Å². The molecule has 0 fully saturated rings. The number of fused-ring (bicyclic) bond motifs is 1. The first-order valence-corrected chi connectivity index (χ1v) is 10.9. The van der Waals surface area contributed by atoms with Gasteiger partial charge in [0.1, 0.15) is 0 Å². The molecule has 0 aliphatic heterocycles. The van der Waals surface area contributed by atoms with Gasteiger partial charge in [0, 0.05) is 28.7 Å². The number of halogens is 2. The molecule has 0 radical (unpaired) electrons. The molecule has 2 aromatic carbocycles. The molecule has 3 rings (SSSR count). The fourth-order valence-electron chi connectivity index (χ4n) is 3.07. The van der Waals surface area contributed by atoms with Crippen LogP contribution in [0.25, 0.3) is 10.2 Å². The van der Waals surface area contributed by atoms with Gasteiger partial charge in [-0.2, -0.15) is 0 Å². The predicted molar refractivity (Wildman–Crippen MR) is 120 cm³/mol. The van der Waals surface area contributed by atoms with E-state index in [0.717, 1.165) is 35.4 Å². The van der Waals surface area contributed by atoms with Crippen LogP contribution in [0.3, 0.4) is 0 Å². The summed E-state index contributed by atoms with van der Waals surface area (Å²) in [7, 11) is 0. The smallest absolute Gasteiger partial charge is 0.260 e. The zero-order chi connectivity index (χ0) is 20.3. The van der Waals surface area contributed by atoms with E-state index in [4.69, 9.17) is 28.2 Å². The number of benzene rings is 2. The number of likely N-dealkylation sites (N-methyl/N-ethyl adjacent to an activating group) is 1. The maximum atomic E-state index is 13.3. The van der Waals surface area contributed by atoms with Crippen LogP contribution in [0, 0.1) is 6.92 Å². The molecule has 0 atom stereocenters. The molecule has 0 unspecified atom stereocenters. The topological polar surface area (TPSA) is 36.4 Å². The number of anilines is 1. The molecule has 1 aromatic heterocycles. The Morgan fingerprint density at radius 3 is 2.36 bits per heavy atom. The summed E-state index contributed by atoms with van der Waals surface area (Å²) in [6, 6.07) is 10.8. The molecule has 148 valence electrons. The summed E-state index contributed by atoms with van der Waals surface area (Å²) >= 11 is 13.7. The van der Waals surface area contributed by atoms with Crippen LogP contribution >= 0.6 is 34.5 Å². The van der Waals surface area contributed by atoms with Crippen LogP contribution in [0.4, 0.5) is 5.13 Å². The van der Waals surface area contributed by atoms with E-state index >= 15 is 0 Å². The van der Waals surface area contributed by atoms with Crippen LogP contribution in [0.5, 0.6) is 0 Å². The van der Waals surface area contributed by atoms with Crippen molar-refractivity contribution in [2.75, 3.05) is 31.1 Å². The number of nitrogens with zero attached hydrogens (tertiary/aromatic N) is 3. The van der Waals surface area contributed by atoms with Crippen molar-refractivity contribution in [2.45, 2.75) is 20.8 Å². The van der Waals surface area contributed by atoms with Gasteiger partial charge in [-0.05, 0) is 62.0 Å². The number of aromatic nitrogens is 1. The van der Waals surface area contributed by atoms with E-state index in [1.54, 1.807) is 29.2 Å². The second kappa shape index (κ2) is 9.23.